The number of aryl methyl sites for hydroxylation is 1. The Balaban J connectivity index is 2.34. The Kier molecular flexibility index (Phi) is 3.50. The van der Waals surface area contributed by atoms with Gasteiger partial charge in [0, 0.05) is 5.38 Å². The molecule has 0 radical (unpaired) electrons. The minimum atomic E-state index is -3.38. The third-order valence-corrected chi connectivity index (χ3v) is 5.06. The molecule has 1 aromatic carbocycles. The van der Waals surface area contributed by atoms with Gasteiger partial charge in [0.2, 0.25) is 0 Å². The fraction of sp³-hybridized carbons (Fsp3) is 0.154. The van der Waals surface area contributed by atoms with Gasteiger partial charge in [-0.2, -0.15) is 16.6 Å². The van der Waals surface area contributed by atoms with Crippen LogP contribution in [0.15, 0.2) is 39.9 Å². The minimum Gasteiger partial charge on any atom is -0.223 e. The summed E-state index contributed by atoms with van der Waals surface area (Å²) in [6, 6.07) is 8.74. The number of hydrogen-bond donors (Lipinski definition) is 0. The van der Waals surface area contributed by atoms with Crippen LogP contribution in [0.2, 0.25) is 0 Å². The number of nitrogens with zero attached hydrogens (tertiary/aromatic N) is 1. The van der Waals surface area contributed by atoms with Gasteiger partial charge in [0.05, 0.1) is 16.2 Å². The summed E-state index contributed by atoms with van der Waals surface area (Å²) in [7, 11) is -3.38. The van der Waals surface area contributed by atoms with Crippen molar-refractivity contribution in [2.45, 2.75) is 17.6 Å². The quantitative estimate of drug-likeness (QED) is 0.866. The van der Waals surface area contributed by atoms with Crippen LogP contribution in [-0.2, 0) is 15.6 Å². The Bertz CT molecular complexity index is 691. The Morgan fingerprint density at radius 3 is 2.50 bits per heavy atom. The molecular formula is C13H11NO2S2. The van der Waals surface area contributed by atoms with Crippen LogP contribution < -0.4 is 0 Å². The standard InChI is InChI=1S/C13H11NO2S2/c1-10-2-4-13(5-3-10)18(15,16)9-12-8-17-7-11(12)6-14/h2-5,7-8H,9H2,1H3. The monoisotopic (exact) mass is 277 g/mol. The summed E-state index contributed by atoms with van der Waals surface area (Å²) in [5, 5.41) is 12.3. The summed E-state index contributed by atoms with van der Waals surface area (Å²) in [5.41, 5.74) is 2.03. The zero-order valence-corrected chi connectivity index (χ0v) is 11.4. The van der Waals surface area contributed by atoms with E-state index in [1.165, 1.54) is 11.3 Å². The van der Waals surface area contributed by atoms with Crippen molar-refractivity contribution in [2.24, 2.45) is 0 Å². The smallest absolute Gasteiger partial charge is 0.182 e. The highest BCUT2D eigenvalue weighted by Crippen LogP contribution is 2.21. The molecule has 3 nitrogen and oxygen atoms in total. The lowest BCUT2D eigenvalue weighted by Crippen LogP contribution is -2.05. The first-order valence-electron chi connectivity index (χ1n) is 5.27. The molecule has 18 heavy (non-hydrogen) atoms. The third-order valence-electron chi connectivity index (χ3n) is 2.59. The van der Waals surface area contributed by atoms with Gasteiger partial charge >= 0.3 is 0 Å². The largest absolute Gasteiger partial charge is 0.223 e. The van der Waals surface area contributed by atoms with Crippen LogP contribution in [0.3, 0.4) is 0 Å². The lowest BCUT2D eigenvalue weighted by Gasteiger charge is -2.04. The topological polar surface area (TPSA) is 57.9 Å². The highest BCUT2D eigenvalue weighted by molar-refractivity contribution is 7.90. The lowest BCUT2D eigenvalue weighted by molar-refractivity contribution is 0.595. The van der Waals surface area contributed by atoms with Gasteiger partial charge in [-0.25, -0.2) is 8.42 Å². The van der Waals surface area contributed by atoms with Crippen LogP contribution in [0.1, 0.15) is 16.7 Å². The molecule has 0 atom stereocenters. The summed E-state index contributed by atoms with van der Waals surface area (Å²) in [6.07, 6.45) is 0. The zero-order valence-electron chi connectivity index (χ0n) is 9.75. The zero-order chi connectivity index (χ0) is 13.2. The van der Waals surface area contributed by atoms with Gasteiger partial charge in [0.1, 0.15) is 6.07 Å². The van der Waals surface area contributed by atoms with Gasteiger partial charge in [-0.15, -0.1) is 0 Å². The molecule has 1 heterocycles. The van der Waals surface area contributed by atoms with E-state index in [0.717, 1.165) is 5.56 Å². The molecule has 5 heteroatoms. The second kappa shape index (κ2) is 4.92. The molecule has 0 fully saturated rings. The molecule has 0 aliphatic heterocycles. The normalized spacial score (nSPS) is 11.1. The third kappa shape index (κ3) is 2.61. The second-order valence-electron chi connectivity index (χ2n) is 3.99. The first kappa shape index (κ1) is 12.8. The lowest BCUT2D eigenvalue weighted by atomic mass is 10.2. The maximum absolute atomic E-state index is 12.2. The van der Waals surface area contributed by atoms with Crippen LogP contribution in [0.5, 0.6) is 0 Å². The van der Waals surface area contributed by atoms with Gasteiger partial charge in [0.15, 0.2) is 9.84 Å². The van der Waals surface area contributed by atoms with E-state index >= 15 is 0 Å². The van der Waals surface area contributed by atoms with Gasteiger partial charge in [-0.1, -0.05) is 17.7 Å². The summed E-state index contributed by atoms with van der Waals surface area (Å²) in [6.45, 7) is 1.91. The molecule has 1 aromatic heterocycles. The molecule has 0 N–H and O–H groups in total. The highest BCUT2D eigenvalue weighted by Gasteiger charge is 2.17. The molecule has 0 aliphatic carbocycles. The van der Waals surface area contributed by atoms with Crippen LogP contribution in [-0.4, -0.2) is 8.42 Å². The molecule has 0 saturated heterocycles. The fourth-order valence-electron chi connectivity index (χ4n) is 1.57. The molecule has 0 saturated carbocycles. The maximum Gasteiger partial charge on any atom is 0.182 e. The Hall–Kier alpha value is -1.64. The van der Waals surface area contributed by atoms with Crippen molar-refractivity contribution in [1.29, 1.82) is 5.26 Å². The van der Waals surface area contributed by atoms with Crippen LogP contribution in [0, 0.1) is 18.3 Å². The van der Waals surface area contributed by atoms with Crippen molar-refractivity contribution in [3.05, 3.63) is 51.7 Å². The first-order valence-corrected chi connectivity index (χ1v) is 7.87. The van der Waals surface area contributed by atoms with Crippen molar-refractivity contribution >= 4 is 21.2 Å². The van der Waals surface area contributed by atoms with E-state index in [1.807, 2.05) is 13.0 Å². The SMILES string of the molecule is Cc1ccc(S(=O)(=O)Cc2cscc2C#N)cc1. The Morgan fingerprint density at radius 1 is 1.22 bits per heavy atom. The van der Waals surface area contributed by atoms with E-state index in [0.29, 0.717) is 16.0 Å². The Labute approximate surface area is 110 Å². The molecule has 0 aliphatic rings. The molecular weight excluding hydrogens is 266 g/mol. The predicted octanol–water partition coefficient (Wildman–Crippen LogP) is 2.90. The number of hydrogen-bond acceptors (Lipinski definition) is 4. The minimum absolute atomic E-state index is 0.123. The van der Waals surface area contributed by atoms with Crippen LogP contribution >= 0.6 is 11.3 Å². The summed E-state index contributed by atoms with van der Waals surface area (Å²) >= 11 is 1.34. The average molecular weight is 277 g/mol. The highest BCUT2D eigenvalue weighted by atomic mass is 32.2. The maximum atomic E-state index is 12.2. The molecule has 0 bridgehead atoms. The van der Waals surface area contributed by atoms with Crippen molar-refractivity contribution in [2.75, 3.05) is 0 Å². The van der Waals surface area contributed by atoms with Gasteiger partial charge in [-0.05, 0) is 30.0 Å². The average Bonchev–Trinajstić information content (AvgIpc) is 2.76. The van der Waals surface area contributed by atoms with Gasteiger partial charge in [0.25, 0.3) is 0 Å². The summed E-state index contributed by atoms with van der Waals surface area (Å²) < 4.78 is 24.3. The van der Waals surface area contributed by atoms with E-state index in [2.05, 4.69) is 0 Å². The number of thiophene rings is 1. The van der Waals surface area contributed by atoms with Crippen molar-refractivity contribution in [1.82, 2.24) is 0 Å². The van der Waals surface area contributed by atoms with Gasteiger partial charge in [-0.3, -0.25) is 0 Å². The molecule has 2 rings (SSSR count). The first-order chi connectivity index (χ1) is 8.53. The Morgan fingerprint density at radius 2 is 1.89 bits per heavy atom. The number of nitriles is 1. The van der Waals surface area contributed by atoms with E-state index in [1.54, 1.807) is 35.0 Å². The van der Waals surface area contributed by atoms with Gasteiger partial charge < -0.3 is 0 Å². The summed E-state index contributed by atoms with van der Waals surface area (Å²) in [4.78, 5) is 0.295. The van der Waals surface area contributed by atoms with Crippen LogP contribution in [0.4, 0.5) is 0 Å². The predicted molar refractivity (Wildman–Crippen MR) is 71.1 cm³/mol. The fourth-order valence-corrected chi connectivity index (χ4v) is 3.82. The van der Waals surface area contributed by atoms with Crippen molar-refractivity contribution < 1.29 is 8.42 Å². The summed E-state index contributed by atoms with van der Waals surface area (Å²) in [5.74, 6) is -0.123. The number of benzene rings is 1. The van der Waals surface area contributed by atoms with Crippen molar-refractivity contribution in [3.8, 4) is 6.07 Å². The van der Waals surface area contributed by atoms with E-state index in [9.17, 15) is 8.42 Å². The molecule has 0 unspecified atom stereocenters. The molecule has 0 amide bonds. The molecule has 2 aromatic rings. The van der Waals surface area contributed by atoms with Crippen molar-refractivity contribution in [3.63, 3.8) is 0 Å². The van der Waals surface area contributed by atoms with Crippen LogP contribution in [0.25, 0.3) is 0 Å². The van der Waals surface area contributed by atoms with E-state index in [-0.39, 0.29) is 5.75 Å². The molecule has 92 valence electrons. The molecule has 0 spiro atoms. The van der Waals surface area contributed by atoms with E-state index in [4.69, 9.17) is 5.26 Å². The number of sulfone groups is 1. The number of rotatable bonds is 3. The van der Waals surface area contributed by atoms with E-state index < -0.39 is 9.84 Å². The second-order valence-corrected chi connectivity index (χ2v) is 6.73.